The lowest BCUT2D eigenvalue weighted by molar-refractivity contribution is 0.103. The first-order valence-corrected chi connectivity index (χ1v) is 17.9. The molecule has 1 aliphatic rings. The summed E-state index contributed by atoms with van der Waals surface area (Å²) in [5.41, 5.74) is 8.06. The van der Waals surface area contributed by atoms with Crippen molar-refractivity contribution in [2.45, 2.75) is 25.7 Å². The van der Waals surface area contributed by atoms with Crippen molar-refractivity contribution in [1.29, 1.82) is 0 Å². The van der Waals surface area contributed by atoms with E-state index in [0.29, 0.717) is 94.3 Å². The molecule has 0 unspecified atom stereocenters. The lowest BCUT2D eigenvalue weighted by Gasteiger charge is -2.20. The lowest BCUT2D eigenvalue weighted by atomic mass is 9.88. The van der Waals surface area contributed by atoms with Crippen LogP contribution in [0.5, 0.6) is 57.5 Å². The van der Waals surface area contributed by atoms with Gasteiger partial charge in [-0.3, -0.25) is 4.79 Å². The van der Waals surface area contributed by atoms with Crippen LogP contribution in [0.3, 0.4) is 0 Å². The number of ether oxygens (including phenoxy) is 10. The van der Waals surface area contributed by atoms with Gasteiger partial charge in [0.05, 0.1) is 71.1 Å². The summed E-state index contributed by atoms with van der Waals surface area (Å²) in [5.74, 6) is 5.06. The number of rotatable bonds is 10. The quantitative estimate of drug-likeness (QED) is 0.137. The molecule has 0 atom stereocenters. The first-order valence-electron chi connectivity index (χ1n) is 17.9. The number of hydrogen-bond acceptors (Lipinski definition) is 11. The molecule has 0 N–H and O–H groups in total. The molecule has 294 valence electrons. The first kappa shape index (κ1) is 39.5. The van der Waals surface area contributed by atoms with E-state index in [1.165, 1.54) is 0 Å². The number of carbonyl (C=O) groups is 1. The van der Waals surface area contributed by atoms with Gasteiger partial charge in [-0.25, -0.2) is 0 Å². The Hall–Kier alpha value is -6.23. The van der Waals surface area contributed by atoms with Gasteiger partial charge in [-0.1, -0.05) is 0 Å². The predicted octanol–water partition coefficient (Wildman–Crippen LogP) is 7.68. The van der Waals surface area contributed by atoms with Gasteiger partial charge in [-0.05, 0) is 131 Å². The van der Waals surface area contributed by atoms with Crippen LogP contribution in [0, 0.1) is 0 Å². The zero-order chi connectivity index (χ0) is 40.1. The van der Waals surface area contributed by atoms with E-state index in [0.717, 1.165) is 44.5 Å². The van der Waals surface area contributed by atoms with E-state index in [4.69, 9.17) is 47.4 Å². The highest BCUT2D eigenvalue weighted by atomic mass is 16.5. The molecule has 0 heterocycles. The summed E-state index contributed by atoms with van der Waals surface area (Å²) >= 11 is 0. The third-order valence-corrected chi connectivity index (χ3v) is 10.3. The Morgan fingerprint density at radius 2 is 0.429 bits per heavy atom. The minimum absolute atomic E-state index is 0.228. The van der Waals surface area contributed by atoms with Crippen molar-refractivity contribution in [3.05, 3.63) is 116 Å². The summed E-state index contributed by atoms with van der Waals surface area (Å²) in [6, 6.07) is 19.1. The molecule has 0 aliphatic heterocycles. The molecule has 5 aromatic rings. The largest absolute Gasteiger partial charge is 0.493 e. The number of methoxy groups -OCH3 is 10. The van der Waals surface area contributed by atoms with Crippen molar-refractivity contribution in [2.75, 3.05) is 71.1 Å². The second kappa shape index (κ2) is 17.1. The van der Waals surface area contributed by atoms with Crippen molar-refractivity contribution >= 4 is 5.78 Å². The monoisotopic (exact) mass is 764 g/mol. The third-order valence-electron chi connectivity index (χ3n) is 10.3. The van der Waals surface area contributed by atoms with Gasteiger partial charge in [0, 0.05) is 11.1 Å². The molecule has 6 rings (SSSR count). The molecular formula is C45H48O11. The molecule has 0 saturated heterocycles. The van der Waals surface area contributed by atoms with E-state index < -0.39 is 0 Å². The maximum absolute atomic E-state index is 15.2. The Morgan fingerprint density at radius 3 is 0.625 bits per heavy atom. The molecule has 0 saturated carbocycles. The Bertz CT molecular complexity index is 2100. The average molecular weight is 765 g/mol. The number of carbonyl (C=O) groups excluding carboxylic acids is 1. The molecule has 5 aromatic carbocycles. The molecule has 11 nitrogen and oxygen atoms in total. The fourth-order valence-electron chi connectivity index (χ4n) is 7.40. The second-order valence-corrected chi connectivity index (χ2v) is 13.2. The molecule has 0 bridgehead atoms. The fraction of sp³-hybridized carbons (Fsp3) is 0.311. The van der Waals surface area contributed by atoms with Crippen LogP contribution in [0.25, 0.3) is 0 Å². The number of hydrogen-bond donors (Lipinski definition) is 0. The number of benzene rings is 5. The summed E-state index contributed by atoms with van der Waals surface area (Å²) in [6.07, 6.45) is 1.66. The topological polar surface area (TPSA) is 109 Å². The van der Waals surface area contributed by atoms with Crippen LogP contribution in [-0.2, 0) is 25.7 Å². The van der Waals surface area contributed by atoms with Gasteiger partial charge >= 0.3 is 0 Å². The molecule has 0 radical (unpaired) electrons. The summed E-state index contributed by atoms with van der Waals surface area (Å²) < 4.78 is 58.0. The van der Waals surface area contributed by atoms with E-state index in [9.17, 15) is 0 Å². The highest BCUT2D eigenvalue weighted by molar-refractivity contribution is 6.11. The summed E-state index contributed by atoms with van der Waals surface area (Å²) in [4.78, 5) is 15.2. The SMILES string of the molecule is COc1cc2c(cc1OC)Cc1cc(OC)c(OC)cc1Cc1cc(OC)c(OC)cc1C(=O)c1cc(OC)c(OC)cc1Cc1cc(OC)c(OC)cc1C2. The molecular weight excluding hydrogens is 716 g/mol. The van der Waals surface area contributed by atoms with Gasteiger partial charge in [0.1, 0.15) is 0 Å². The molecule has 56 heavy (non-hydrogen) atoms. The van der Waals surface area contributed by atoms with Gasteiger partial charge < -0.3 is 47.4 Å². The lowest BCUT2D eigenvalue weighted by Crippen LogP contribution is -2.12. The highest BCUT2D eigenvalue weighted by Gasteiger charge is 2.27. The van der Waals surface area contributed by atoms with Gasteiger partial charge in [0.2, 0.25) is 0 Å². The molecule has 11 heteroatoms. The van der Waals surface area contributed by atoms with Crippen LogP contribution in [0.2, 0.25) is 0 Å². The Balaban J connectivity index is 1.75. The van der Waals surface area contributed by atoms with Crippen molar-refractivity contribution in [3.63, 3.8) is 0 Å². The highest BCUT2D eigenvalue weighted by Crippen LogP contribution is 2.42. The van der Waals surface area contributed by atoms with Crippen molar-refractivity contribution < 1.29 is 52.2 Å². The zero-order valence-corrected chi connectivity index (χ0v) is 33.6. The van der Waals surface area contributed by atoms with E-state index in [1.807, 2.05) is 48.5 Å². The van der Waals surface area contributed by atoms with Crippen molar-refractivity contribution in [3.8, 4) is 57.5 Å². The van der Waals surface area contributed by atoms with E-state index in [-0.39, 0.29) is 5.78 Å². The summed E-state index contributed by atoms with van der Waals surface area (Å²) in [5, 5.41) is 0. The molecule has 0 aromatic heterocycles. The number of ketones is 1. The Kier molecular flexibility index (Phi) is 12.0. The third kappa shape index (κ3) is 7.53. The van der Waals surface area contributed by atoms with E-state index >= 15 is 4.79 Å². The zero-order valence-electron chi connectivity index (χ0n) is 33.6. The van der Waals surface area contributed by atoms with Crippen molar-refractivity contribution in [1.82, 2.24) is 0 Å². The molecule has 1 aliphatic carbocycles. The van der Waals surface area contributed by atoms with Crippen LogP contribution in [-0.4, -0.2) is 76.9 Å². The van der Waals surface area contributed by atoms with Gasteiger partial charge in [0.25, 0.3) is 0 Å². The minimum Gasteiger partial charge on any atom is -0.493 e. The molecule has 0 spiro atoms. The Morgan fingerprint density at radius 1 is 0.268 bits per heavy atom. The average Bonchev–Trinajstić information content (AvgIpc) is 3.23. The standard InChI is InChI=1S/C45H48O11/c1-47-35-15-25-11-27-17-37(49-3)39(51-5)19-29(27)13-31-21-41(53-7)43(55-9)23-33(31)45(46)34-24-44(56-10)42(54-8)22-32(34)14-30-20-40(52-6)38(50-4)18-28(30)12-26(25)16-36(35)48-2/h15-24H,11-14H2,1-10H3. The first-order chi connectivity index (χ1) is 27.2. The smallest absolute Gasteiger partial charge is 0.193 e. The summed E-state index contributed by atoms with van der Waals surface area (Å²) in [6.45, 7) is 0. The van der Waals surface area contributed by atoms with Gasteiger partial charge in [0.15, 0.2) is 63.3 Å². The van der Waals surface area contributed by atoms with E-state index in [2.05, 4.69) is 0 Å². The normalized spacial score (nSPS) is 12.2. The maximum Gasteiger partial charge on any atom is 0.193 e. The minimum atomic E-state index is -0.228. The second-order valence-electron chi connectivity index (χ2n) is 13.2. The Labute approximate surface area is 327 Å². The molecule has 0 fully saturated rings. The molecule has 0 amide bonds. The van der Waals surface area contributed by atoms with Crippen molar-refractivity contribution in [2.24, 2.45) is 0 Å². The summed E-state index contributed by atoms with van der Waals surface area (Å²) in [7, 11) is 15.9. The van der Waals surface area contributed by atoms with Crippen LogP contribution in [0.1, 0.15) is 60.4 Å². The fourth-order valence-corrected chi connectivity index (χ4v) is 7.40. The van der Waals surface area contributed by atoms with Crippen LogP contribution in [0.15, 0.2) is 60.7 Å². The van der Waals surface area contributed by atoms with Crippen LogP contribution >= 0.6 is 0 Å². The van der Waals surface area contributed by atoms with E-state index in [1.54, 1.807) is 83.2 Å². The predicted molar refractivity (Wildman–Crippen MR) is 212 cm³/mol. The van der Waals surface area contributed by atoms with Gasteiger partial charge in [-0.15, -0.1) is 0 Å². The maximum atomic E-state index is 15.2. The van der Waals surface area contributed by atoms with Crippen LogP contribution < -0.4 is 47.4 Å². The van der Waals surface area contributed by atoms with Gasteiger partial charge in [-0.2, -0.15) is 0 Å². The van der Waals surface area contributed by atoms with Crippen LogP contribution in [0.4, 0.5) is 0 Å². The number of fused-ring (bicyclic) bond motifs is 5.